The molecule has 1 aliphatic heterocycles. The lowest BCUT2D eigenvalue weighted by atomic mass is 9.98. The molecule has 1 aliphatic carbocycles. The average molecular weight is 399 g/mol. The summed E-state index contributed by atoms with van der Waals surface area (Å²) in [5.41, 5.74) is 6.53. The number of carbonyl (C=O) groups is 1. The predicted octanol–water partition coefficient (Wildman–Crippen LogP) is 3.68. The van der Waals surface area contributed by atoms with Crippen molar-refractivity contribution in [2.75, 3.05) is 25.0 Å². The fourth-order valence-corrected chi connectivity index (χ4v) is 4.48. The molecule has 1 heterocycles. The fraction of sp³-hybridized carbons (Fsp3) is 0.533. The summed E-state index contributed by atoms with van der Waals surface area (Å²) >= 11 is 18.0. The van der Waals surface area contributed by atoms with Crippen LogP contribution in [0.5, 0.6) is 0 Å². The summed E-state index contributed by atoms with van der Waals surface area (Å²) in [6.45, 7) is 2.16. The number of fused-ring (bicyclic) bond motifs is 1. The standard InChI is InChI=1S/C15H18Cl3N3O.ClH/c16-9-3-11(17)15(12(18)4-9)20-14(22)7-21-5-8-1-2-13(19)10(8)6-21;/h3-4,8,10,13H,1-2,5-7,19H2,(H,20,22);1H. The van der Waals surface area contributed by atoms with Crippen LogP contribution < -0.4 is 11.1 Å². The van der Waals surface area contributed by atoms with E-state index in [1.807, 2.05) is 0 Å². The summed E-state index contributed by atoms with van der Waals surface area (Å²) in [7, 11) is 0. The molecule has 1 amide bonds. The zero-order chi connectivity index (χ0) is 15.9. The van der Waals surface area contributed by atoms with E-state index in [9.17, 15) is 4.79 Å². The number of anilines is 1. The number of amides is 1. The van der Waals surface area contributed by atoms with E-state index in [0.29, 0.717) is 39.1 Å². The van der Waals surface area contributed by atoms with Crippen LogP contribution >= 0.6 is 47.2 Å². The molecule has 1 saturated carbocycles. The topological polar surface area (TPSA) is 58.4 Å². The Hall–Kier alpha value is -0.230. The van der Waals surface area contributed by atoms with Crippen LogP contribution in [0.15, 0.2) is 12.1 Å². The molecule has 2 aliphatic rings. The highest BCUT2D eigenvalue weighted by Gasteiger charge is 2.41. The molecule has 3 N–H and O–H groups in total. The zero-order valence-electron chi connectivity index (χ0n) is 12.4. The lowest BCUT2D eigenvalue weighted by Crippen LogP contribution is -2.34. The maximum atomic E-state index is 12.2. The minimum Gasteiger partial charge on any atom is -0.327 e. The average Bonchev–Trinajstić information content (AvgIpc) is 2.96. The Balaban J connectivity index is 0.00000192. The second-order valence-electron chi connectivity index (χ2n) is 6.15. The van der Waals surface area contributed by atoms with Gasteiger partial charge in [-0.25, -0.2) is 0 Å². The molecule has 1 aromatic carbocycles. The first-order valence-corrected chi connectivity index (χ1v) is 8.49. The third-order valence-electron chi connectivity index (χ3n) is 4.63. The van der Waals surface area contributed by atoms with Crippen molar-refractivity contribution in [2.24, 2.45) is 17.6 Å². The molecule has 4 nitrogen and oxygen atoms in total. The summed E-state index contributed by atoms with van der Waals surface area (Å²) in [5.74, 6) is 1.03. The van der Waals surface area contributed by atoms with Crippen LogP contribution in [0.4, 0.5) is 5.69 Å². The number of rotatable bonds is 3. The van der Waals surface area contributed by atoms with Gasteiger partial charge in [0.05, 0.1) is 22.3 Å². The number of benzene rings is 1. The van der Waals surface area contributed by atoms with Crippen molar-refractivity contribution in [1.82, 2.24) is 4.90 Å². The molecule has 1 aromatic rings. The minimum atomic E-state index is -0.125. The summed E-state index contributed by atoms with van der Waals surface area (Å²) in [6.07, 6.45) is 2.27. The summed E-state index contributed by atoms with van der Waals surface area (Å²) in [5, 5.41) is 3.89. The van der Waals surface area contributed by atoms with Gasteiger partial charge in [0.15, 0.2) is 0 Å². The number of nitrogens with one attached hydrogen (secondary N) is 1. The van der Waals surface area contributed by atoms with Crippen LogP contribution in [0.2, 0.25) is 15.1 Å². The van der Waals surface area contributed by atoms with Gasteiger partial charge in [-0.05, 0) is 36.8 Å². The van der Waals surface area contributed by atoms with Crippen LogP contribution in [0, 0.1) is 11.8 Å². The maximum absolute atomic E-state index is 12.2. The normalized spacial score (nSPS) is 26.7. The van der Waals surface area contributed by atoms with Gasteiger partial charge in [0.25, 0.3) is 0 Å². The van der Waals surface area contributed by atoms with Crippen molar-refractivity contribution in [3.63, 3.8) is 0 Å². The Morgan fingerprint density at radius 2 is 1.87 bits per heavy atom. The highest BCUT2D eigenvalue weighted by Crippen LogP contribution is 2.37. The summed E-state index contributed by atoms with van der Waals surface area (Å²) in [6, 6.07) is 3.39. The van der Waals surface area contributed by atoms with E-state index >= 15 is 0 Å². The first-order chi connectivity index (χ1) is 10.4. The second-order valence-corrected chi connectivity index (χ2v) is 7.40. The molecule has 0 aromatic heterocycles. The molecular formula is C15H19Cl4N3O. The van der Waals surface area contributed by atoms with E-state index in [-0.39, 0.29) is 24.4 Å². The number of nitrogens with two attached hydrogens (primary N) is 1. The largest absolute Gasteiger partial charge is 0.327 e. The minimum absolute atomic E-state index is 0. The molecule has 0 radical (unpaired) electrons. The molecule has 2 fully saturated rings. The van der Waals surface area contributed by atoms with E-state index in [0.717, 1.165) is 19.5 Å². The number of halogens is 4. The van der Waals surface area contributed by atoms with E-state index in [1.54, 1.807) is 12.1 Å². The monoisotopic (exact) mass is 397 g/mol. The summed E-state index contributed by atoms with van der Waals surface area (Å²) < 4.78 is 0. The van der Waals surface area contributed by atoms with Gasteiger partial charge in [-0.3, -0.25) is 9.69 Å². The van der Waals surface area contributed by atoms with Crippen LogP contribution in [-0.4, -0.2) is 36.5 Å². The Bertz CT molecular complexity index is 575. The Morgan fingerprint density at radius 3 is 2.48 bits per heavy atom. The lowest BCUT2D eigenvalue weighted by molar-refractivity contribution is -0.117. The van der Waals surface area contributed by atoms with E-state index in [2.05, 4.69) is 10.2 Å². The smallest absolute Gasteiger partial charge is 0.238 e. The van der Waals surface area contributed by atoms with Crippen molar-refractivity contribution >= 4 is 58.8 Å². The molecule has 0 spiro atoms. The SMILES string of the molecule is Cl.NC1CCC2CN(CC(=O)Nc3c(Cl)cc(Cl)cc3Cl)CC12. The third-order valence-corrected chi connectivity index (χ3v) is 5.44. The molecular weight excluding hydrogens is 380 g/mol. The Kier molecular flexibility index (Phi) is 6.45. The van der Waals surface area contributed by atoms with Gasteiger partial charge in [0.2, 0.25) is 5.91 Å². The van der Waals surface area contributed by atoms with Gasteiger partial charge in [0.1, 0.15) is 0 Å². The van der Waals surface area contributed by atoms with Crippen molar-refractivity contribution < 1.29 is 4.79 Å². The van der Waals surface area contributed by atoms with Gasteiger partial charge in [-0.1, -0.05) is 34.8 Å². The van der Waals surface area contributed by atoms with E-state index in [1.165, 1.54) is 6.42 Å². The third kappa shape index (κ3) is 4.25. The highest BCUT2D eigenvalue weighted by atomic mass is 35.5. The van der Waals surface area contributed by atoms with Crippen molar-refractivity contribution in [1.29, 1.82) is 0 Å². The molecule has 3 atom stereocenters. The molecule has 3 unspecified atom stereocenters. The van der Waals surface area contributed by atoms with Crippen LogP contribution in [-0.2, 0) is 4.79 Å². The number of carbonyl (C=O) groups excluding carboxylic acids is 1. The first kappa shape index (κ1) is 19.1. The summed E-state index contributed by atoms with van der Waals surface area (Å²) in [4.78, 5) is 14.4. The number of likely N-dealkylation sites (tertiary alicyclic amines) is 1. The number of hydrogen-bond donors (Lipinski definition) is 2. The molecule has 23 heavy (non-hydrogen) atoms. The zero-order valence-corrected chi connectivity index (χ0v) is 15.5. The number of hydrogen-bond acceptors (Lipinski definition) is 3. The highest BCUT2D eigenvalue weighted by molar-refractivity contribution is 6.42. The maximum Gasteiger partial charge on any atom is 0.238 e. The molecule has 128 valence electrons. The van der Waals surface area contributed by atoms with Crippen molar-refractivity contribution in [2.45, 2.75) is 18.9 Å². The Labute approximate surface area is 157 Å². The van der Waals surface area contributed by atoms with Gasteiger partial charge in [-0.2, -0.15) is 0 Å². The van der Waals surface area contributed by atoms with Gasteiger partial charge < -0.3 is 11.1 Å². The molecule has 8 heteroatoms. The van der Waals surface area contributed by atoms with Crippen molar-refractivity contribution in [3.8, 4) is 0 Å². The quantitative estimate of drug-likeness (QED) is 0.816. The van der Waals surface area contributed by atoms with Gasteiger partial charge in [-0.15, -0.1) is 12.4 Å². The van der Waals surface area contributed by atoms with Gasteiger partial charge in [0, 0.05) is 24.2 Å². The Morgan fingerprint density at radius 1 is 1.22 bits per heavy atom. The molecule has 1 saturated heterocycles. The fourth-order valence-electron chi connectivity index (χ4n) is 3.57. The van der Waals surface area contributed by atoms with E-state index in [4.69, 9.17) is 40.5 Å². The second kappa shape index (κ2) is 7.77. The lowest BCUT2D eigenvalue weighted by Gasteiger charge is -2.18. The molecule has 0 bridgehead atoms. The van der Waals surface area contributed by atoms with Crippen LogP contribution in [0.3, 0.4) is 0 Å². The first-order valence-electron chi connectivity index (χ1n) is 7.36. The van der Waals surface area contributed by atoms with Gasteiger partial charge >= 0.3 is 0 Å². The van der Waals surface area contributed by atoms with Crippen molar-refractivity contribution in [3.05, 3.63) is 27.2 Å². The van der Waals surface area contributed by atoms with Crippen LogP contribution in [0.1, 0.15) is 12.8 Å². The molecule has 3 rings (SSSR count). The van der Waals surface area contributed by atoms with E-state index < -0.39 is 0 Å². The van der Waals surface area contributed by atoms with Crippen LogP contribution in [0.25, 0.3) is 0 Å². The predicted molar refractivity (Wildman–Crippen MR) is 98.0 cm³/mol. The number of nitrogens with zero attached hydrogens (tertiary/aromatic N) is 1.